The van der Waals surface area contributed by atoms with Crippen LogP contribution in [0, 0.1) is 0 Å². The fourth-order valence-corrected chi connectivity index (χ4v) is 3.63. The van der Waals surface area contributed by atoms with Gasteiger partial charge in [-0.15, -0.1) is 0 Å². The first kappa shape index (κ1) is 14.0. The standard InChI is InChI=1S/C15H16N2O3S/c1-20-14-4-2-3-11-5-6-12(17-15(11)14)9-16-13-7-8-21(18,19)10-13/h2-8,13,16H,9-10H2,1H3. The minimum absolute atomic E-state index is 0.115. The van der Waals surface area contributed by atoms with Gasteiger partial charge in [-0.1, -0.05) is 24.3 Å². The van der Waals surface area contributed by atoms with Gasteiger partial charge in [0.05, 0.1) is 18.6 Å². The summed E-state index contributed by atoms with van der Waals surface area (Å²) in [6, 6.07) is 9.55. The number of para-hydroxylation sites is 1. The smallest absolute Gasteiger partial charge is 0.173 e. The van der Waals surface area contributed by atoms with Crippen LogP contribution in [0.3, 0.4) is 0 Å². The molecule has 0 bridgehead atoms. The molecule has 1 unspecified atom stereocenters. The molecule has 110 valence electrons. The lowest BCUT2D eigenvalue weighted by molar-refractivity contribution is 0.418. The molecule has 0 saturated carbocycles. The number of fused-ring (bicyclic) bond motifs is 1. The molecule has 1 N–H and O–H groups in total. The Labute approximate surface area is 123 Å². The van der Waals surface area contributed by atoms with E-state index in [-0.39, 0.29) is 11.8 Å². The first-order valence-corrected chi connectivity index (χ1v) is 8.36. The number of ether oxygens (including phenoxy) is 1. The fraction of sp³-hybridized carbons (Fsp3) is 0.267. The van der Waals surface area contributed by atoms with E-state index in [9.17, 15) is 8.42 Å². The first-order valence-electron chi connectivity index (χ1n) is 6.64. The molecule has 3 rings (SSSR count). The first-order chi connectivity index (χ1) is 10.1. The summed E-state index contributed by atoms with van der Waals surface area (Å²) in [6.07, 6.45) is 1.68. The van der Waals surface area contributed by atoms with Crippen molar-refractivity contribution in [3.05, 3.63) is 47.5 Å². The lowest BCUT2D eigenvalue weighted by Gasteiger charge is -2.10. The molecule has 1 atom stereocenters. The van der Waals surface area contributed by atoms with E-state index in [0.717, 1.165) is 22.3 Å². The number of sulfone groups is 1. The van der Waals surface area contributed by atoms with Crippen LogP contribution >= 0.6 is 0 Å². The Kier molecular flexibility index (Phi) is 3.65. The predicted octanol–water partition coefficient (Wildman–Crippen LogP) is 1.64. The van der Waals surface area contributed by atoms with Crippen molar-refractivity contribution in [2.45, 2.75) is 12.6 Å². The molecule has 21 heavy (non-hydrogen) atoms. The van der Waals surface area contributed by atoms with Crippen LogP contribution in [0.2, 0.25) is 0 Å². The Morgan fingerprint density at radius 1 is 1.33 bits per heavy atom. The molecular formula is C15H16N2O3S. The zero-order valence-corrected chi connectivity index (χ0v) is 12.4. The number of pyridine rings is 1. The highest BCUT2D eigenvalue weighted by molar-refractivity contribution is 7.94. The van der Waals surface area contributed by atoms with Gasteiger partial charge in [-0.3, -0.25) is 0 Å². The van der Waals surface area contributed by atoms with Crippen molar-refractivity contribution in [3.8, 4) is 5.75 Å². The number of nitrogens with one attached hydrogen (secondary N) is 1. The Hall–Kier alpha value is -1.92. The van der Waals surface area contributed by atoms with E-state index < -0.39 is 9.84 Å². The van der Waals surface area contributed by atoms with E-state index in [1.807, 2.05) is 30.3 Å². The van der Waals surface area contributed by atoms with E-state index in [4.69, 9.17) is 4.74 Å². The zero-order chi connectivity index (χ0) is 14.9. The second-order valence-electron chi connectivity index (χ2n) is 4.98. The summed E-state index contributed by atoms with van der Waals surface area (Å²) in [5, 5.41) is 5.47. The van der Waals surface area contributed by atoms with Gasteiger partial charge in [0, 0.05) is 23.4 Å². The molecule has 2 aromatic rings. The molecule has 0 fully saturated rings. The Morgan fingerprint density at radius 3 is 2.90 bits per heavy atom. The van der Waals surface area contributed by atoms with Gasteiger partial charge in [-0.05, 0) is 12.1 Å². The molecule has 0 aliphatic carbocycles. The van der Waals surface area contributed by atoms with Crippen LogP contribution in [0.1, 0.15) is 5.69 Å². The average molecular weight is 304 g/mol. The zero-order valence-electron chi connectivity index (χ0n) is 11.6. The van der Waals surface area contributed by atoms with Crippen LogP contribution in [0.25, 0.3) is 10.9 Å². The molecule has 1 aromatic heterocycles. The number of hydrogen-bond acceptors (Lipinski definition) is 5. The normalized spacial score (nSPS) is 20.0. The van der Waals surface area contributed by atoms with Crippen molar-refractivity contribution >= 4 is 20.7 Å². The van der Waals surface area contributed by atoms with Crippen molar-refractivity contribution < 1.29 is 13.2 Å². The van der Waals surface area contributed by atoms with Crippen molar-refractivity contribution in [1.82, 2.24) is 10.3 Å². The van der Waals surface area contributed by atoms with Crippen LogP contribution < -0.4 is 10.1 Å². The average Bonchev–Trinajstić information content (AvgIpc) is 2.83. The summed E-state index contributed by atoms with van der Waals surface area (Å²) in [4.78, 5) is 4.58. The molecule has 0 spiro atoms. The van der Waals surface area contributed by atoms with Gasteiger partial charge in [0.15, 0.2) is 9.84 Å². The van der Waals surface area contributed by atoms with Gasteiger partial charge in [0.25, 0.3) is 0 Å². The topological polar surface area (TPSA) is 68.3 Å². The third-order valence-corrected chi connectivity index (χ3v) is 4.83. The molecule has 1 aliphatic rings. The van der Waals surface area contributed by atoms with E-state index in [2.05, 4.69) is 10.3 Å². The van der Waals surface area contributed by atoms with E-state index >= 15 is 0 Å². The maximum atomic E-state index is 11.4. The molecule has 1 aliphatic heterocycles. The highest BCUT2D eigenvalue weighted by Gasteiger charge is 2.21. The summed E-state index contributed by atoms with van der Waals surface area (Å²) in [6.45, 7) is 0.512. The molecule has 0 radical (unpaired) electrons. The number of methoxy groups -OCH3 is 1. The molecule has 6 heteroatoms. The van der Waals surface area contributed by atoms with Gasteiger partial charge in [-0.25, -0.2) is 13.4 Å². The molecule has 5 nitrogen and oxygen atoms in total. The van der Waals surface area contributed by atoms with E-state index in [1.54, 1.807) is 13.2 Å². The van der Waals surface area contributed by atoms with Crippen molar-refractivity contribution in [2.24, 2.45) is 0 Å². The minimum atomic E-state index is -3.03. The Bertz CT molecular complexity index is 800. The number of rotatable bonds is 4. The third kappa shape index (κ3) is 3.06. The van der Waals surface area contributed by atoms with Crippen LogP contribution in [-0.2, 0) is 16.4 Å². The fourth-order valence-electron chi connectivity index (χ4n) is 2.36. The summed E-state index contributed by atoms with van der Waals surface area (Å²) in [5.41, 5.74) is 1.67. The number of benzene rings is 1. The van der Waals surface area contributed by atoms with Crippen molar-refractivity contribution in [3.63, 3.8) is 0 Å². The van der Waals surface area contributed by atoms with Gasteiger partial charge in [0.2, 0.25) is 0 Å². The molecule has 0 amide bonds. The summed E-state index contributed by atoms with van der Waals surface area (Å²) < 4.78 is 28.0. The quantitative estimate of drug-likeness (QED) is 0.930. The highest BCUT2D eigenvalue weighted by atomic mass is 32.2. The number of nitrogens with zero attached hydrogens (tertiary/aromatic N) is 1. The van der Waals surface area contributed by atoms with Crippen molar-refractivity contribution in [1.29, 1.82) is 0 Å². The van der Waals surface area contributed by atoms with Gasteiger partial charge >= 0.3 is 0 Å². The van der Waals surface area contributed by atoms with Crippen LogP contribution in [0.4, 0.5) is 0 Å². The number of aromatic nitrogens is 1. The molecule has 1 aromatic carbocycles. The third-order valence-electron chi connectivity index (χ3n) is 3.44. The van der Waals surface area contributed by atoms with E-state index in [0.29, 0.717) is 6.54 Å². The van der Waals surface area contributed by atoms with Gasteiger partial charge in [-0.2, -0.15) is 0 Å². The monoisotopic (exact) mass is 304 g/mol. The van der Waals surface area contributed by atoms with Crippen molar-refractivity contribution in [2.75, 3.05) is 12.9 Å². The largest absolute Gasteiger partial charge is 0.494 e. The van der Waals surface area contributed by atoms with Crippen LogP contribution in [0.15, 0.2) is 41.8 Å². The van der Waals surface area contributed by atoms with Gasteiger partial charge < -0.3 is 10.1 Å². The Balaban J connectivity index is 1.77. The minimum Gasteiger partial charge on any atom is -0.494 e. The summed E-state index contributed by atoms with van der Waals surface area (Å²) >= 11 is 0. The second kappa shape index (κ2) is 5.46. The van der Waals surface area contributed by atoms with Crippen LogP contribution in [0.5, 0.6) is 5.75 Å². The molecule has 0 saturated heterocycles. The lowest BCUT2D eigenvalue weighted by atomic mass is 10.2. The molecular weight excluding hydrogens is 288 g/mol. The van der Waals surface area contributed by atoms with Gasteiger partial charge in [0.1, 0.15) is 11.3 Å². The maximum absolute atomic E-state index is 11.4. The second-order valence-corrected chi connectivity index (χ2v) is 6.91. The predicted molar refractivity (Wildman–Crippen MR) is 81.8 cm³/mol. The SMILES string of the molecule is COc1cccc2ccc(CNC3C=CS(=O)(=O)C3)nc12. The maximum Gasteiger partial charge on any atom is 0.173 e. The summed E-state index contributed by atoms with van der Waals surface area (Å²) in [5.74, 6) is 0.849. The lowest BCUT2D eigenvalue weighted by Crippen LogP contribution is -2.29. The van der Waals surface area contributed by atoms with Crippen LogP contribution in [-0.4, -0.2) is 32.3 Å². The highest BCUT2D eigenvalue weighted by Crippen LogP contribution is 2.23. The number of hydrogen-bond donors (Lipinski definition) is 1. The Morgan fingerprint density at radius 2 is 2.19 bits per heavy atom. The molecule has 2 heterocycles. The van der Waals surface area contributed by atoms with E-state index in [1.165, 1.54) is 5.41 Å². The summed E-state index contributed by atoms with van der Waals surface area (Å²) in [7, 11) is -1.41.